The third-order valence-corrected chi connectivity index (χ3v) is 4.66. The maximum Gasteiger partial charge on any atom is 0.266 e. The van der Waals surface area contributed by atoms with E-state index >= 15 is 0 Å². The number of benzene rings is 1. The first kappa shape index (κ1) is 18.1. The Morgan fingerprint density at radius 1 is 1.25 bits per heavy atom. The van der Waals surface area contributed by atoms with Crippen LogP contribution in [0.2, 0.25) is 0 Å². The van der Waals surface area contributed by atoms with E-state index in [9.17, 15) is 9.59 Å². The van der Waals surface area contributed by atoms with Crippen molar-refractivity contribution in [3.05, 3.63) is 40.9 Å². The summed E-state index contributed by atoms with van der Waals surface area (Å²) in [7, 11) is 0. The van der Waals surface area contributed by atoms with Gasteiger partial charge in [0.25, 0.3) is 5.91 Å². The summed E-state index contributed by atoms with van der Waals surface area (Å²) in [6, 6.07) is 9.84. The molecular formula is C18H23N3O2S. The topological polar surface area (TPSA) is 62.3 Å². The van der Waals surface area contributed by atoms with Gasteiger partial charge in [0.05, 0.1) is 12.2 Å². The molecule has 0 radical (unpaired) electrons. The number of carbonyl (C=O) groups is 2. The van der Waals surface area contributed by atoms with Crippen molar-refractivity contribution in [3.8, 4) is 10.6 Å². The second kappa shape index (κ2) is 8.06. The fourth-order valence-corrected chi connectivity index (χ4v) is 3.35. The van der Waals surface area contributed by atoms with Gasteiger partial charge in [0.1, 0.15) is 9.88 Å². The molecule has 0 unspecified atom stereocenters. The van der Waals surface area contributed by atoms with Crippen molar-refractivity contribution >= 4 is 23.2 Å². The lowest BCUT2D eigenvalue weighted by molar-refractivity contribution is -0.122. The van der Waals surface area contributed by atoms with Gasteiger partial charge < -0.3 is 10.2 Å². The molecule has 2 amide bonds. The fourth-order valence-electron chi connectivity index (χ4n) is 2.31. The zero-order valence-electron chi connectivity index (χ0n) is 14.5. The van der Waals surface area contributed by atoms with E-state index < -0.39 is 0 Å². The molecule has 0 saturated carbocycles. The minimum absolute atomic E-state index is 0.0566. The van der Waals surface area contributed by atoms with Gasteiger partial charge in [-0.3, -0.25) is 9.59 Å². The van der Waals surface area contributed by atoms with Gasteiger partial charge in [0.15, 0.2) is 0 Å². The highest BCUT2D eigenvalue weighted by molar-refractivity contribution is 7.17. The Hall–Kier alpha value is -2.21. The van der Waals surface area contributed by atoms with E-state index in [0.29, 0.717) is 17.1 Å². The van der Waals surface area contributed by atoms with Crippen molar-refractivity contribution in [2.45, 2.75) is 33.7 Å². The molecule has 1 aromatic heterocycles. The van der Waals surface area contributed by atoms with Crippen LogP contribution in [0.15, 0.2) is 30.3 Å². The maximum absolute atomic E-state index is 12.8. The Bertz CT molecular complexity index is 710. The minimum Gasteiger partial charge on any atom is -0.352 e. The number of aromatic nitrogens is 1. The van der Waals surface area contributed by atoms with Gasteiger partial charge in [-0.2, -0.15) is 0 Å². The van der Waals surface area contributed by atoms with Crippen LogP contribution in [0.4, 0.5) is 0 Å². The van der Waals surface area contributed by atoms with Crippen LogP contribution in [0.3, 0.4) is 0 Å². The van der Waals surface area contributed by atoms with Crippen LogP contribution in [0.1, 0.15) is 36.1 Å². The van der Waals surface area contributed by atoms with Crippen LogP contribution < -0.4 is 5.32 Å². The molecule has 5 nitrogen and oxygen atoms in total. The smallest absolute Gasteiger partial charge is 0.266 e. The average molecular weight is 345 g/mol. The molecule has 0 aliphatic heterocycles. The fraction of sp³-hybridized carbons (Fsp3) is 0.389. The highest BCUT2D eigenvalue weighted by Crippen LogP contribution is 2.28. The summed E-state index contributed by atoms with van der Waals surface area (Å²) in [6.07, 6.45) is 0. The van der Waals surface area contributed by atoms with E-state index in [1.807, 2.05) is 58.0 Å². The highest BCUT2D eigenvalue weighted by Gasteiger charge is 2.22. The molecule has 0 fully saturated rings. The van der Waals surface area contributed by atoms with Crippen molar-refractivity contribution in [2.24, 2.45) is 0 Å². The van der Waals surface area contributed by atoms with E-state index in [2.05, 4.69) is 10.3 Å². The molecule has 0 aliphatic rings. The molecule has 0 aliphatic carbocycles. The van der Waals surface area contributed by atoms with Crippen LogP contribution in [0.5, 0.6) is 0 Å². The summed E-state index contributed by atoms with van der Waals surface area (Å²) in [5, 5.41) is 3.63. The molecule has 6 heteroatoms. The van der Waals surface area contributed by atoms with E-state index in [0.717, 1.165) is 10.6 Å². The number of thiazole rings is 1. The lowest BCUT2D eigenvalue weighted by atomic mass is 10.2. The molecule has 128 valence electrons. The van der Waals surface area contributed by atoms with Crippen LogP contribution in [0.25, 0.3) is 10.6 Å². The predicted octanol–water partition coefficient (Wildman–Crippen LogP) is 3.11. The Balaban J connectivity index is 2.19. The van der Waals surface area contributed by atoms with Gasteiger partial charge in [-0.1, -0.05) is 30.3 Å². The lowest BCUT2D eigenvalue weighted by Crippen LogP contribution is -2.42. The SMILES string of the molecule is CCN(CC(=O)NC(C)C)C(=O)c1sc(-c2ccccc2)nc1C. The van der Waals surface area contributed by atoms with Gasteiger partial charge in [0, 0.05) is 18.2 Å². The maximum atomic E-state index is 12.8. The number of rotatable bonds is 6. The second-order valence-corrected chi connectivity index (χ2v) is 6.84. The molecule has 1 N–H and O–H groups in total. The first-order valence-electron chi connectivity index (χ1n) is 8.03. The van der Waals surface area contributed by atoms with Gasteiger partial charge in [-0.05, 0) is 27.7 Å². The summed E-state index contributed by atoms with van der Waals surface area (Å²) in [5.74, 6) is -0.292. The van der Waals surface area contributed by atoms with E-state index in [1.54, 1.807) is 4.90 Å². The van der Waals surface area contributed by atoms with Gasteiger partial charge >= 0.3 is 0 Å². The summed E-state index contributed by atoms with van der Waals surface area (Å²) in [5.41, 5.74) is 1.69. The number of hydrogen-bond donors (Lipinski definition) is 1. The van der Waals surface area contributed by atoms with Crippen LogP contribution in [-0.2, 0) is 4.79 Å². The minimum atomic E-state index is -0.148. The molecule has 1 heterocycles. The summed E-state index contributed by atoms with van der Waals surface area (Å²) >= 11 is 1.37. The number of carbonyl (C=O) groups excluding carboxylic acids is 2. The number of likely N-dealkylation sites (N-methyl/N-ethyl adjacent to an activating group) is 1. The molecule has 0 bridgehead atoms. The van der Waals surface area contributed by atoms with Crippen molar-refractivity contribution in [1.29, 1.82) is 0 Å². The molecule has 2 aromatic rings. The first-order valence-corrected chi connectivity index (χ1v) is 8.85. The molecule has 0 atom stereocenters. The Kier molecular flexibility index (Phi) is 6.09. The van der Waals surface area contributed by atoms with Gasteiger partial charge in [0.2, 0.25) is 5.91 Å². The third kappa shape index (κ3) is 4.41. The normalized spacial score (nSPS) is 10.7. The van der Waals surface area contributed by atoms with Crippen molar-refractivity contribution in [1.82, 2.24) is 15.2 Å². The third-order valence-electron chi connectivity index (χ3n) is 3.46. The largest absolute Gasteiger partial charge is 0.352 e. The molecule has 0 saturated heterocycles. The number of nitrogens with one attached hydrogen (secondary N) is 1. The van der Waals surface area contributed by atoms with Crippen molar-refractivity contribution in [2.75, 3.05) is 13.1 Å². The summed E-state index contributed by atoms with van der Waals surface area (Å²) in [4.78, 5) is 31.4. The first-order chi connectivity index (χ1) is 11.4. The Labute approximate surface area is 146 Å². The standard InChI is InChI=1S/C18H23N3O2S/c1-5-21(11-15(22)19-12(2)3)18(23)16-13(4)20-17(24-16)14-9-7-6-8-10-14/h6-10,12H,5,11H2,1-4H3,(H,19,22). The van der Waals surface area contributed by atoms with Crippen LogP contribution >= 0.6 is 11.3 Å². The Morgan fingerprint density at radius 3 is 2.50 bits per heavy atom. The van der Waals surface area contributed by atoms with Crippen LogP contribution in [-0.4, -0.2) is 40.8 Å². The molecular weight excluding hydrogens is 322 g/mol. The van der Waals surface area contributed by atoms with Gasteiger partial charge in [-0.15, -0.1) is 11.3 Å². The van der Waals surface area contributed by atoms with E-state index in [-0.39, 0.29) is 24.4 Å². The predicted molar refractivity (Wildman–Crippen MR) is 97.1 cm³/mol. The zero-order chi connectivity index (χ0) is 17.7. The Morgan fingerprint density at radius 2 is 1.92 bits per heavy atom. The molecule has 2 rings (SSSR count). The molecule has 24 heavy (non-hydrogen) atoms. The van der Waals surface area contributed by atoms with Gasteiger partial charge in [-0.25, -0.2) is 4.98 Å². The monoisotopic (exact) mass is 345 g/mol. The average Bonchev–Trinajstić information content (AvgIpc) is 2.94. The second-order valence-electron chi connectivity index (χ2n) is 5.84. The van der Waals surface area contributed by atoms with Crippen LogP contribution in [0, 0.1) is 6.92 Å². The number of aryl methyl sites for hydroxylation is 1. The van der Waals surface area contributed by atoms with Crippen molar-refractivity contribution < 1.29 is 9.59 Å². The van der Waals surface area contributed by atoms with E-state index in [1.165, 1.54) is 11.3 Å². The number of hydrogen-bond acceptors (Lipinski definition) is 4. The molecule has 1 aromatic carbocycles. The summed E-state index contributed by atoms with van der Waals surface area (Å²) < 4.78 is 0. The highest BCUT2D eigenvalue weighted by atomic mass is 32.1. The summed E-state index contributed by atoms with van der Waals surface area (Å²) in [6.45, 7) is 8.03. The van der Waals surface area contributed by atoms with E-state index in [4.69, 9.17) is 0 Å². The molecule has 0 spiro atoms. The quantitative estimate of drug-likeness (QED) is 0.875. The zero-order valence-corrected chi connectivity index (χ0v) is 15.3. The lowest BCUT2D eigenvalue weighted by Gasteiger charge is -2.20. The number of amides is 2. The van der Waals surface area contributed by atoms with Crippen molar-refractivity contribution in [3.63, 3.8) is 0 Å². The number of nitrogens with zero attached hydrogens (tertiary/aromatic N) is 2.